The van der Waals surface area contributed by atoms with Gasteiger partial charge in [0.05, 0.1) is 0 Å². The fraction of sp³-hybridized carbons (Fsp3) is 0. The Kier molecular flexibility index (Phi) is 7.87. The van der Waals surface area contributed by atoms with Gasteiger partial charge in [-0.3, -0.25) is 0 Å². The average Bonchev–Trinajstić information content (AvgIpc) is 3.86. The van der Waals surface area contributed by atoms with Crippen LogP contribution in [0, 0.1) is 0 Å². The van der Waals surface area contributed by atoms with E-state index in [0.717, 1.165) is 27.0 Å². The third-order valence-electron chi connectivity index (χ3n) is 10.6. The molecule has 5 heteroatoms. The minimum Gasteiger partial charge on any atom is -0.208 e. The summed E-state index contributed by atoms with van der Waals surface area (Å²) >= 11 is 3.69. The van der Waals surface area contributed by atoms with E-state index < -0.39 is 0 Å². The quantitative estimate of drug-likeness (QED) is 0.170. The molecule has 3 heterocycles. The molecule has 0 saturated heterocycles. The second-order valence-corrected chi connectivity index (χ2v) is 16.0. The van der Waals surface area contributed by atoms with Crippen molar-refractivity contribution in [2.45, 2.75) is 0 Å². The molecule has 0 saturated carbocycles. The Bertz CT molecular complexity index is 3220. The molecule has 0 aliphatic rings. The second kappa shape index (κ2) is 13.5. The molecular weight excluding hydrogens is 719 g/mol. The van der Waals surface area contributed by atoms with Gasteiger partial charge >= 0.3 is 0 Å². The zero-order valence-electron chi connectivity index (χ0n) is 30.1. The van der Waals surface area contributed by atoms with Crippen LogP contribution >= 0.6 is 22.7 Å². The van der Waals surface area contributed by atoms with E-state index in [-0.39, 0.29) is 0 Å². The molecule has 11 rings (SSSR count). The molecule has 11 aromatic rings. The van der Waals surface area contributed by atoms with Gasteiger partial charge in [-0.1, -0.05) is 158 Å². The molecule has 0 atom stereocenters. The van der Waals surface area contributed by atoms with Crippen LogP contribution in [0.2, 0.25) is 0 Å². The molecule has 0 spiro atoms. The van der Waals surface area contributed by atoms with Gasteiger partial charge in [-0.15, -0.1) is 22.7 Å². The number of nitrogens with zero attached hydrogens (tertiary/aromatic N) is 3. The van der Waals surface area contributed by atoms with Gasteiger partial charge in [0.1, 0.15) is 0 Å². The maximum Gasteiger partial charge on any atom is 0.165 e. The molecule has 56 heavy (non-hydrogen) atoms. The highest BCUT2D eigenvalue weighted by molar-refractivity contribution is 7.27. The summed E-state index contributed by atoms with van der Waals surface area (Å²) < 4.78 is 5.01. The summed E-state index contributed by atoms with van der Waals surface area (Å²) in [6.45, 7) is 0. The predicted octanol–water partition coefficient (Wildman–Crippen LogP) is 14.6. The molecule has 0 aliphatic heterocycles. The lowest BCUT2D eigenvalue weighted by Gasteiger charge is -2.11. The summed E-state index contributed by atoms with van der Waals surface area (Å²) in [5.41, 5.74) is 10.2. The smallest absolute Gasteiger partial charge is 0.165 e. The average molecular weight is 750 g/mol. The fourth-order valence-electron chi connectivity index (χ4n) is 7.86. The van der Waals surface area contributed by atoms with Crippen molar-refractivity contribution in [2.75, 3.05) is 0 Å². The van der Waals surface area contributed by atoms with E-state index in [1.54, 1.807) is 0 Å². The summed E-state index contributed by atoms with van der Waals surface area (Å²) in [6, 6.07) is 66.7. The third-order valence-corrected chi connectivity index (χ3v) is 13.0. The zero-order valence-corrected chi connectivity index (χ0v) is 31.7. The van der Waals surface area contributed by atoms with E-state index in [4.69, 9.17) is 15.0 Å². The minimum atomic E-state index is 0.650. The van der Waals surface area contributed by atoms with E-state index in [1.807, 2.05) is 46.9 Å². The van der Waals surface area contributed by atoms with Crippen molar-refractivity contribution in [3.63, 3.8) is 0 Å². The number of benzene rings is 8. The molecule has 0 radical (unpaired) electrons. The Labute approximate surface area is 331 Å². The van der Waals surface area contributed by atoms with Gasteiger partial charge < -0.3 is 0 Å². The van der Waals surface area contributed by atoms with Crippen LogP contribution in [-0.4, -0.2) is 15.0 Å². The van der Waals surface area contributed by atoms with E-state index >= 15 is 0 Å². The van der Waals surface area contributed by atoms with Crippen molar-refractivity contribution in [2.24, 2.45) is 0 Å². The van der Waals surface area contributed by atoms with Crippen molar-refractivity contribution in [3.8, 4) is 67.5 Å². The first-order valence-corrected chi connectivity index (χ1v) is 20.3. The molecular formula is C51H31N3S2. The van der Waals surface area contributed by atoms with E-state index in [0.29, 0.717) is 17.5 Å². The van der Waals surface area contributed by atoms with Gasteiger partial charge in [-0.25, -0.2) is 15.0 Å². The number of thiophene rings is 2. The normalized spacial score (nSPS) is 11.6. The zero-order chi connectivity index (χ0) is 37.0. The first-order valence-electron chi connectivity index (χ1n) is 18.7. The Balaban J connectivity index is 1.12. The number of hydrogen-bond donors (Lipinski definition) is 0. The molecule has 0 fully saturated rings. The largest absolute Gasteiger partial charge is 0.208 e. The Morgan fingerprint density at radius 1 is 0.286 bits per heavy atom. The monoisotopic (exact) mass is 749 g/mol. The number of hydrogen-bond acceptors (Lipinski definition) is 5. The standard InChI is InChI=1S/C51H31N3S2/c1-4-14-32(15-5-1)34-26-28-36(29-27-34)50-52-49(35-18-8-3-9-19-35)53-51(54-50)41-23-12-22-40-46-39(21-13-25-45(46)56-47(40)41)43-31-37(33-16-6-2-7-17-33)30-42-38-20-10-11-24-44(38)55-48(42)43/h1-31H. The van der Waals surface area contributed by atoms with Crippen LogP contribution in [0.1, 0.15) is 0 Å². The Morgan fingerprint density at radius 3 is 1.50 bits per heavy atom. The van der Waals surface area contributed by atoms with Crippen molar-refractivity contribution >= 4 is 63.0 Å². The lowest BCUT2D eigenvalue weighted by atomic mass is 9.93. The maximum absolute atomic E-state index is 5.20. The molecule has 0 amide bonds. The van der Waals surface area contributed by atoms with Crippen LogP contribution in [0.5, 0.6) is 0 Å². The van der Waals surface area contributed by atoms with Crippen molar-refractivity contribution < 1.29 is 0 Å². The summed E-state index contributed by atoms with van der Waals surface area (Å²) in [7, 11) is 0. The highest BCUT2D eigenvalue weighted by Gasteiger charge is 2.21. The fourth-order valence-corrected chi connectivity index (χ4v) is 10.3. The van der Waals surface area contributed by atoms with Crippen molar-refractivity contribution in [1.29, 1.82) is 0 Å². The number of aromatic nitrogens is 3. The Hall–Kier alpha value is -6.79. The van der Waals surface area contributed by atoms with Crippen LogP contribution < -0.4 is 0 Å². The highest BCUT2D eigenvalue weighted by atomic mass is 32.1. The van der Waals surface area contributed by atoms with E-state index in [9.17, 15) is 0 Å². The summed E-state index contributed by atoms with van der Waals surface area (Å²) in [4.78, 5) is 15.4. The molecule has 3 aromatic heterocycles. The van der Waals surface area contributed by atoms with E-state index in [2.05, 4.69) is 164 Å². The third kappa shape index (κ3) is 5.60. The SMILES string of the molecule is c1ccc(-c2ccc(-c3nc(-c4ccccc4)nc(-c4cccc5c4sc4cccc(-c6cc(-c7ccccc7)cc7c6sc6ccccc67)c45)n3)cc2)cc1. The maximum atomic E-state index is 5.20. The van der Waals surface area contributed by atoms with Gasteiger partial charge in [0, 0.05) is 62.6 Å². The van der Waals surface area contributed by atoms with Gasteiger partial charge in [-0.05, 0) is 58.1 Å². The molecule has 262 valence electrons. The summed E-state index contributed by atoms with van der Waals surface area (Å²) in [5.74, 6) is 1.97. The van der Waals surface area contributed by atoms with Gasteiger partial charge in [-0.2, -0.15) is 0 Å². The lowest BCUT2D eigenvalue weighted by Crippen LogP contribution is -2.00. The van der Waals surface area contributed by atoms with Crippen molar-refractivity contribution in [1.82, 2.24) is 15.0 Å². The molecule has 0 aliphatic carbocycles. The van der Waals surface area contributed by atoms with Crippen LogP contribution in [-0.2, 0) is 0 Å². The first-order chi connectivity index (χ1) is 27.7. The Morgan fingerprint density at radius 2 is 0.768 bits per heavy atom. The first kappa shape index (κ1) is 32.6. The molecule has 0 unspecified atom stereocenters. The van der Waals surface area contributed by atoms with E-state index in [1.165, 1.54) is 63.5 Å². The number of rotatable bonds is 6. The second-order valence-electron chi connectivity index (χ2n) is 13.9. The topological polar surface area (TPSA) is 38.7 Å². The number of fused-ring (bicyclic) bond motifs is 6. The van der Waals surface area contributed by atoms with Gasteiger partial charge in [0.2, 0.25) is 0 Å². The molecule has 0 bridgehead atoms. The van der Waals surface area contributed by atoms with Crippen LogP contribution in [0.25, 0.3) is 108 Å². The highest BCUT2D eigenvalue weighted by Crippen LogP contribution is 2.48. The lowest BCUT2D eigenvalue weighted by molar-refractivity contribution is 1.08. The van der Waals surface area contributed by atoms with Gasteiger partial charge in [0.25, 0.3) is 0 Å². The summed E-state index contributed by atoms with van der Waals surface area (Å²) in [5, 5.41) is 5.05. The summed E-state index contributed by atoms with van der Waals surface area (Å²) in [6.07, 6.45) is 0. The molecule has 3 nitrogen and oxygen atoms in total. The van der Waals surface area contributed by atoms with Crippen molar-refractivity contribution in [3.05, 3.63) is 188 Å². The minimum absolute atomic E-state index is 0.650. The van der Waals surface area contributed by atoms with Crippen LogP contribution in [0.15, 0.2) is 188 Å². The van der Waals surface area contributed by atoms with Crippen LogP contribution in [0.4, 0.5) is 0 Å². The van der Waals surface area contributed by atoms with Crippen LogP contribution in [0.3, 0.4) is 0 Å². The molecule has 0 N–H and O–H groups in total. The molecule has 8 aromatic carbocycles. The predicted molar refractivity (Wildman–Crippen MR) is 238 cm³/mol. The van der Waals surface area contributed by atoms with Gasteiger partial charge in [0.15, 0.2) is 17.5 Å².